The van der Waals surface area contributed by atoms with E-state index in [4.69, 9.17) is 5.11 Å². The normalized spacial score (nSPS) is 14.5. The minimum atomic E-state index is -3.55. The molecule has 0 aromatic rings. The SMILES string of the molecule is CC(C)C(COS(C)(=O)=O)C(=O)O. The number of hydrogen-bond acceptors (Lipinski definition) is 4. The monoisotopic (exact) mass is 210 g/mol. The maximum atomic E-state index is 10.6. The molecule has 0 saturated carbocycles. The molecule has 0 amide bonds. The zero-order valence-electron chi connectivity index (χ0n) is 7.85. The van der Waals surface area contributed by atoms with E-state index in [0.717, 1.165) is 6.26 Å². The molecule has 0 saturated heterocycles. The smallest absolute Gasteiger partial charge is 0.309 e. The van der Waals surface area contributed by atoms with Crippen molar-refractivity contribution in [1.29, 1.82) is 0 Å². The highest BCUT2D eigenvalue weighted by Gasteiger charge is 2.23. The van der Waals surface area contributed by atoms with Crippen molar-refractivity contribution in [3.63, 3.8) is 0 Å². The van der Waals surface area contributed by atoms with E-state index in [-0.39, 0.29) is 12.5 Å². The third-order valence-electron chi connectivity index (χ3n) is 1.58. The number of carboxylic acids is 1. The summed E-state index contributed by atoms with van der Waals surface area (Å²) >= 11 is 0. The average molecular weight is 210 g/mol. The lowest BCUT2D eigenvalue weighted by Crippen LogP contribution is -2.26. The van der Waals surface area contributed by atoms with Crippen LogP contribution in [0.2, 0.25) is 0 Å². The largest absolute Gasteiger partial charge is 0.481 e. The van der Waals surface area contributed by atoms with Gasteiger partial charge in [0.25, 0.3) is 10.1 Å². The van der Waals surface area contributed by atoms with Crippen molar-refractivity contribution in [1.82, 2.24) is 0 Å². The summed E-state index contributed by atoms with van der Waals surface area (Å²) in [4.78, 5) is 10.6. The van der Waals surface area contributed by atoms with Gasteiger partial charge in [-0.2, -0.15) is 8.42 Å². The van der Waals surface area contributed by atoms with Crippen LogP contribution < -0.4 is 0 Å². The van der Waals surface area contributed by atoms with Gasteiger partial charge < -0.3 is 5.11 Å². The predicted molar refractivity (Wildman–Crippen MR) is 46.8 cm³/mol. The third kappa shape index (κ3) is 5.59. The first-order chi connectivity index (χ1) is 5.74. The van der Waals surface area contributed by atoms with Crippen molar-refractivity contribution in [2.75, 3.05) is 12.9 Å². The molecular weight excluding hydrogens is 196 g/mol. The maximum absolute atomic E-state index is 10.6. The number of rotatable bonds is 5. The molecule has 0 heterocycles. The molecule has 0 fully saturated rings. The van der Waals surface area contributed by atoms with Crippen LogP contribution in [0.3, 0.4) is 0 Å². The molecule has 0 aliphatic heterocycles. The van der Waals surface area contributed by atoms with Gasteiger partial charge in [0.1, 0.15) is 0 Å². The summed E-state index contributed by atoms with van der Waals surface area (Å²) in [7, 11) is -3.55. The Morgan fingerprint density at radius 2 is 1.92 bits per heavy atom. The van der Waals surface area contributed by atoms with Crippen molar-refractivity contribution in [3.05, 3.63) is 0 Å². The molecule has 0 aliphatic rings. The molecule has 1 unspecified atom stereocenters. The molecule has 78 valence electrons. The fourth-order valence-electron chi connectivity index (χ4n) is 0.746. The second kappa shape index (κ2) is 4.57. The molecule has 0 spiro atoms. The molecule has 6 heteroatoms. The molecule has 0 radical (unpaired) electrons. The first-order valence-electron chi connectivity index (χ1n) is 3.81. The zero-order chi connectivity index (χ0) is 10.6. The lowest BCUT2D eigenvalue weighted by Gasteiger charge is -2.14. The summed E-state index contributed by atoms with van der Waals surface area (Å²) in [5, 5.41) is 8.67. The van der Waals surface area contributed by atoms with Crippen LogP contribution in [0.5, 0.6) is 0 Å². The fourth-order valence-corrected chi connectivity index (χ4v) is 1.14. The van der Waals surface area contributed by atoms with Gasteiger partial charge in [-0.3, -0.25) is 8.98 Å². The van der Waals surface area contributed by atoms with Crippen molar-refractivity contribution < 1.29 is 22.5 Å². The number of carboxylic acid groups (broad SMARTS) is 1. The molecule has 0 rings (SSSR count). The van der Waals surface area contributed by atoms with Gasteiger partial charge in [-0.25, -0.2) is 0 Å². The molecule has 0 bridgehead atoms. The van der Waals surface area contributed by atoms with Crippen molar-refractivity contribution in [2.45, 2.75) is 13.8 Å². The lowest BCUT2D eigenvalue weighted by atomic mass is 9.97. The molecule has 0 aromatic carbocycles. The Morgan fingerprint density at radius 1 is 1.46 bits per heavy atom. The summed E-state index contributed by atoms with van der Waals surface area (Å²) in [5.74, 6) is -1.98. The summed E-state index contributed by atoms with van der Waals surface area (Å²) in [6.45, 7) is 3.10. The number of hydrogen-bond donors (Lipinski definition) is 1. The van der Waals surface area contributed by atoms with E-state index >= 15 is 0 Å². The second-order valence-corrected chi connectivity index (χ2v) is 4.82. The highest BCUT2D eigenvalue weighted by atomic mass is 32.2. The first kappa shape index (κ1) is 12.4. The minimum absolute atomic E-state index is 0.153. The van der Waals surface area contributed by atoms with Gasteiger partial charge in [0.2, 0.25) is 0 Å². The van der Waals surface area contributed by atoms with Gasteiger partial charge in [0.05, 0.1) is 18.8 Å². The van der Waals surface area contributed by atoms with E-state index in [1.165, 1.54) is 0 Å². The van der Waals surface area contributed by atoms with Crippen LogP contribution in [0.25, 0.3) is 0 Å². The Kier molecular flexibility index (Phi) is 4.35. The Balaban J connectivity index is 4.22. The van der Waals surface area contributed by atoms with E-state index in [2.05, 4.69) is 4.18 Å². The summed E-state index contributed by atoms with van der Waals surface area (Å²) < 4.78 is 25.5. The number of carbonyl (C=O) groups is 1. The van der Waals surface area contributed by atoms with Gasteiger partial charge in [-0.1, -0.05) is 13.8 Å². The summed E-state index contributed by atoms with van der Waals surface area (Å²) in [6.07, 6.45) is 0.895. The van der Waals surface area contributed by atoms with E-state index in [9.17, 15) is 13.2 Å². The topological polar surface area (TPSA) is 80.7 Å². The molecule has 0 aliphatic carbocycles. The fraction of sp³-hybridized carbons (Fsp3) is 0.857. The van der Waals surface area contributed by atoms with Crippen LogP contribution in [0.15, 0.2) is 0 Å². The average Bonchev–Trinajstić information content (AvgIpc) is 1.82. The van der Waals surface area contributed by atoms with Crippen molar-refractivity contribution in [3.8, 4) is 0 Å². The first-order valence-corrected chi connectivity index (χ1v) is 5.63. The second-order valence-electron chi connectivity index (χ2n) is 3.18. The Bertz CT molecular complexity index is 267. The molecular formula is C7H14O5S. The van der Waals surface area contributed by atoms with Gasteiger partial charge in [-0.15, -0.1) is 0 Å². The Hall–Kier alpha value is -0.620. The summed E-state index contributed by atoms with van der Waals surface area (Å²) in [6, 6.07) is 0. The van der Waals surface area contributed by atoms with Gasteiger partial charge >= 0.3 is 5.97 Å². The maximum Gasteiger partial charge on any atom is 0.309 e. The molecule has 0 aromatic heterocycles. The third-order valence-corrected chi connectivity index (χ3v) is 2.15. The van der Waals surface area contributed by atoms with Crippen LogP contribution in [0.1, 0.15) is 13.8 Å². The van der Waals surface area contributed by atoms with Crippen LogP contribution in [-0.2, 0) is 19.1 Å². The van der Waals surface area contributed by atoms with Crippen LogP contribution in [-0.4, -0.2) is 32.4 Å². The molecule has 1 N–H and O–H groups in total. The van der Waals surface area contributed by atoms with Crippen molar-refractivity contribution >= 4 is 16.1 Å². The minimum Gasteiger partial charge on any atom is -0.481 e. The van der Waals surface area contributed by atoms with Crippen LogP contribution in [0, 0.1) is 11.8 Å². The standard InChI is InChI=1S/C7H14O5S/c1-5(2)6(7(8)9)4-12-13(3,10)11/h5-6H,4H2,1-3H3,(H,8,9). The van der Waals surface area contributed by atoms with E-state index in [1.807, 2.05) is 0 Å². The van der Waals surface area contributed by atoms with Gasteiger partial charge in [0.15, 0.2) is 0 Å². The van der Waals surface area contributed by atoms with E-state index < -0.39 is 22.0 Å². The van der Waals surface area contributed by atoms with E-state index in [1.54, 1.807) is 13.8 Å². The van der Waals surface area contributed by atoms with Crippen molar-refractivity contribution in [2.24, 2.45) is 11.8 Å². The molecule has 5 nitrogen and oxygen atoms in total. The zero-order valence-corrected chi connectivity index (χ0v) is 8.67. The van der Waals surface area contributed by atoms with Gasteiger partial charge in [-0.05, 0) is 5.92 Å². The Labute approximate surface area is 77.8 Å². The molecule has 13 heavy (non-hydrogen) atoms. The lowest BCUT2D eigenvalue weighted by molar-refractivity contribution is -0.144. The highest BCUT2D eigenvalue weighted by molar-refractivity contribution is 7.85. The van der Waals surface area contributed by atoms with Crippen LogP contribution >= 0.6 is 0 Å². The predicted octanol–water partition coefficient (Wildman–Crippen LogP) is 0.319. The van der Waals surface area contributed by atoms with Gasteiger partial charge in [0, 0.05) is 0 Å². The summed E-state index contributed by atoms with van der Waals surface area (Å²) in [5.41, 5.74) is 0. The van der Waals surface area contributed by atoms with E-state index in [0.29, 0.717) is 0 Å². The van der Waals surface area contributed by atoms with Crippen LogP contribution in [0.4, 0.5) is 0 Å². The molecule has 1 atom stereocenters. The highest BCUT2D eigenvalue weighted by Crippen LogP contribution is 2.12. The quantitative estimate of drug-likeness (QED) is 0.661. The number of aliphatic carboxylic acids is 1. The Morgan fingerprint density at radius 3 is 2.15 bits per heavy atom.